The van der Waals surface area contributed by atoms with Crippen LogP contribution in [0.2, 0.25) is 0 Å². The Balaban J connectivity index is 2.45. The fourth-order valence-corrected chi connectivity index (χ4v) is 1.96. The first-order valence-electron chi connectivity index (χ1n) is 5.37. The minimum Gasteiger partial charge on any atom is -0.480 e. The smallest absolute Gasteiger partial charge is 0.320 e. The van der Waals surface area contributed by atoms with Crippen molar-refractivity contribution in [1.29, 1.82) is 0 Å². The van der Waals surface area contributed by atoms with Crippen molar-refractivity contribution in [1.82, 2.24) is 4.90 Å². The molecule has 1 aliphatic rings. The Morgan fingerprint density at radius 3 is 2.86 bits per heavy atom. The minimum absolute atomic E-state index is 0.165. The Bertz CT molecular complexity index is 197. The van der Waals surface area contributed by atoms with Gasteiger partial charge in [-0.1, -0.05) is 19.8 Å². The van der Waals surface area contributed by atoms with E-state index in [1.54, 1.807) is 0 Å². The van der Waals surface area contributed by atoms with Gasteiger partial charge in [-0.15, -0.1) is 0 Å². The van der Waals surface area contributed by atoms with Crippen LogP contribution in [0.4, 0.5) is 0 Å². The van der Waals surface area contributed by atoms with Crippen molar-refractivity contribution in [2.45, 2.75) is 44.7 Å². The van der Waals surface area contributed by atoms with Gasteiger partial charge in [-0.3, -0.25) is 9.69 Å². The number of carboxylic acid groups (broad SMARTS) is 1. The molecule has 0 radical (unpaired) electrons. The summed E-state index contributed by atoms with van der Waals surface area (Å²) in [6.07, 6.45) is 3.70. The molecule has 1 fully saturated rings. The van der Waals surface area contributed by atoms with Gasteiger partial charge in [-0.2, -0.15) is 0 Å². The quantitative estimate of drug-likeness (QED) is 0.684. The molecule has 1 heterocycles. The van der Waals surface area contributed by atoms with Gasteiger partial charge < -0.3 is 10.8 Å². The summed E-state index contributed by atoms with van der Waals surface area (Å²) in [6, 6.07) is -0.151. The molecule has 1 saturated heterocycles. The zero-order valence-electron chi connectivity index (χ0n) is 8.78. The van der Waals surface area contributed by atoms with E-state index in [1.807, 2.05) is 4.90 Å². The van der Waals surface area contributed by atoms with E-state index < -0.39 is 5.97 Å². The van der Waals surface area contributed by atoms with Crippen LogP contribution in [0.5, 0.6) is 0 Å². The lowest BCUT2D eigenvalue weighted by Crippen LogP contribution is -2.41. The molecule has 0 amide bonds. The third kappa shape index (κ3) is 2.96. The molecule has 82 valence electrons. The van der Waals surface area contributed by atoms with Crippen molar-refractivity contribution in [3.8, 4) is 0 Å². The SMILES string of the molecule is CCCCC(C(=O)O)N1CCC(N)C1. The number of nitrogens with zero attached hydrogens (tertiary/aromatic N) is 1. The summed E-state index contributed by atoms with van der Waals surface area (Å²) >= 11 is 0. The van der Waals surface area contributed by atoms with Gasteiger partial charge in [0, 0.05) is 19.1 Å². The van der Waals surface area contributed by atoms with E-state index in [0.717, 1.165) is 38.8 Å². The highest BCUT2D eigenvalue weighted by molar-refractivity contribution is 5.73. The highest BCUT2D eigenvalue weighted by Crippen LogP contribution is 2.15. The fourth-order valence-electron chi connectivity index (χ4n) is 1.96. The van der Waals surface area contributed by atoms with Gasteiger partial charge in [-0.25, -0.2) is 0 Å². The van der Waals surface area contributed by atoms with Crippen molar-refractivity contribution in [3.63, 3.8) is 0 Å². The average Bonchev–Trinajstić information content (AvgIpc) is 2.52. The number of hydrogen-bond acceptors (Lipinski definition) is 3. The average molecular weight is 200 g/mol. The third-order valence-electron chi connectivity index (χ3n) is 2.81. The van der Waals surface area contributed by atoms with Crippen LogP contribution in [0, 0.1) is 0 Å². The molecule has 0 aliphatic carbocycles. The summed E-state index contributed by atoms with van der Waals surface area (Å²) in [7, 11) is 0. The van der Waals surface area contributed by atoms with E-state index in [0.29, 0.717) is 0 Å². The van der Waals surface area contributed by atoms with Crippen LogP contribution in [0.25, 0.3) is 0 Å². The van der Waals surface area contributed by atoms with Crippen LogP contribution >= 0.6 is 0 Å². The predicted octanol–water partition coefficient (Wildman–Crippen LogP) is 0.663. The Morgan fingerprint density at radius 1 is 1.71 bits per heavy atom. The monoisotopic (exact) mass is 200 g/mol. The molecule has 2 atom stereocenters. The van der Waals surface area contributed by atoms with Gasteiger partial charge in [0.05, 0.1) is 0 Å². The van der Waals surface area contributed by atoms with Gasteiger partial charge in [-0.05, 0) is 12.8 Å². The second-order valence-electron chi connectivity index (χ2n) is 4.04. The van der Waals surface area contributed by atoms with E-state index in [4.69, 9.17) is 10.8 Å². The fraction of sp³-hybridized carbons (Fsp3) is 0.900. The highest BCUT2D eigenvalue weighted by Gasteiger charge is 2.30. The lowest BCUT2D eigenvalue weighted by atomic mass is 10.1. The van der Waals surface area contributed by atoms with E-state index >= 15 is 0 Å². The molecule has 0 saturated carbocycles. The number of carbonyl (C=O) groups is 1. The Labute approximate surface area is 85.1 Å². The molecule has 4 nitrogen and oxygen atoms in total. The first kappa shape index (κ1) is 11.5. The van der Waals surface area contributed by atoms with E-state index in [9.17, 15) is 4.79 Å². The van der Waals surface area contributed by atoms with Crippen LogP contribution in [-0.2, 0) is 4.79 Å². The van der Waals surface area contributed by atoms with Crippen LogP contribution in [-0.4, -0.2) is 41.1 Å². The summed E-state index contributed by atoms with van der Waals surface area (Å²) in [5, 5.41) is 9.06. The van der Waals surface area contributed by atoms with Crippen molar-refractivity contribution < 1.29 is 9.90 Å². The molecule has 0 aromatic carbocycles. The molecule has 0 aromatic heterocycles. The maximum absolute atomic E-state index is 11.0. The van der Waals surface area contributed by atoms with Gasteiger partial charge in [0.1, 0.15) is 6.04 Å². The van der Waals surface area contributed by atoms with Crippen LogP contribution in [0.15, 0.2) is 0 Å². The Morgan fingerprint density at radius 2 is 2.43 bits per heavy atom. The van der Waals surface area contributed by atoms with Crippen LogP contribution < -0.4 is 5.73 Å². The number of carboxylic acids is 1. The summed E-state index contributed by atoms with van der Waals surface area (Å²) in [4.78, 5) is 13.0. The van der Waals surface area contributed by atoms with E-state index in [1.165, 1.54) is 0 Å². The second kappa shape index (κ2) is 5.32. The maximum Gasteiger partial charge on any atom is 0.320 e. The second-order valence-corrected chi connectivity index (χ2v) is 4.04. The topological polar surface area (TPSA) is 66.6 Å². The largest absolute Gasteiger partial charge is 0.480 e. The van der Waals surface area contributed by atoms with Crippen molar-refractivity contribution in [2.75, 3.05) is 13.1 Å². The number of nitrogens with two attached hydrogens (primary N) is 1. The molecule has 1 aliphatic heterocycles. The standard InChI is InChI=1S/C10H20N2O2/c1-2-3-4-9(10(13)14)12-6-5-8(11)7-12/h8-9H,2-7,11H2,1H3,(H,13,14). The molecular weight excluding hydrogens is 180 g/mol. The molecule has 2 unspecified atom stereocenters. The zero-order chi connectivity index (χ0) is 10.6. The lowest BCUT2D eigenvalue weighted by molar-refractivity contribution is -0.143. The van der Waals surface area contributed by atoms with Crippen molar-refractivity contribution in [3.05, 3.63) is 0 Å². The van der Waals surface area contributed by atoms with Gasteiger partial charge in [0.2, 0.25) is 0 Å². The third-order valence-corrected chi connectivity index (χ3v) is 2.81. The highest BCUT2D eigenvalue weighted by atomic mass is 16.4. The summed E-state index contributed by atoms with van der Waals surface area (Å²) < 4.78 is 0. The van der Waals surface area contributed by atoms with Gasteiger partial charge in [0.15, 0.2) is 0 Å². The Kier molecular flexibility index (Phi) is 4.35. The first-order chi connectivity index (χ1) is 6.65. The van der Waals surface area contributed by atoms with Gasteiger partial charge in [0.25, 0.3) is 0 Å². The lowest BCUT2D eigenvalue weighted by Gasteiger charge is -2.23. The molecule has 3 N–H and O–H groups in total. The molecule has 14 heavy (non-hydrogen) atoms. The zero-order valence-corrected chi connectivity index (χ0v) is 8.78. The molecule has 0 bridgehead atoms. The van der Waals surface area contributed by atoms with Crippen LogP contribution in [0.1, 0.15) is 32.6 Å². The van der Waals surface area contributed by atoms with E-state index in [2.05, 4.69) is 6.92 Å². The maximum atomic E-state index is 11.0. The molecule has 4 heteroatoms. The number of hydrogen-bond donors (Lipinski definition) is 2. The van der Waals surface area contributed by atoms with E-state index in [-0.39, 0.29) is 12.1 Å². The van der Waals surface area contributed by atoms with Crippen molar-refractivity contribution in [2.24, 2.45) is 5.73 Å². The number of unbranched alkanes of at least 4 members (excludes halogenated alkanes) is 1. The molecular formula is C10H20N2O2. The number of aliphatic carboxylic acids is 1. The van der Waals surface area contributed by atoms with Gasteiger partial charge >= 0.3 is 5.97 Å². The first-order valence-corrected chi connectivity index (χ1v) is 5.37. The molecule has 0 aromatic rings. The number of rotatable bonds is 5. The molecule has 0 spiro atoms. The molecule has 1 rings (SSSR count). The summed E-state index contributed by atoms with van der Waals surface area (Å²) in [6.45, 7) is 3.65. The van der Waals surface area contributed by atoms with Crippen molar-refractivity contribution >= 4 is 5.97 Å². The summed E-state index contributed by atoms with van der Waals surface area (Å²) in [5.41, 5.74) is 5.76. The Hall–Kier alpha value is -0.610. The summed E-state index contributed by atoms with van der Waals surface area (Å²) in [5.74, 6) is -0.701. The number of likely N-dealkylation sites (tertiary alicyclic amines) is 1. The minimum atomic E-state index is -0.701. The van der Waals surface area contributed by atoms with Crippen LogP contribution in [0.3, 0.4) is 0 Å². The predicted molar refractivity (Wildman–Crippen MR) is 55.1 cm³/mol. The normalized spacial score (nSPS) is 25.1.